The fourth-order valence-electron chi connectivity index (χ4n) is 2.46. The molecule has 1 aliphatic rings. The lowest BCUT2D eigenvalue weighted by atomic mass is 10.1. The normalized spacial score (nSPS) is 20.9. The van der Waals surface area contributed by atoms with Gasteiger partial charge in [0.1, 0.15) is 0 Å². The van der Waals surface area contributed by atoms with Crippen LogP contribution in [0.3, 0.4) is 0 Å². The van der Waals surface area contributed by atoms with Crippen LogP contribution in [0.15, 0.2) is 32.8 Å². The van der Waals surface area contributed by atoms with E-state index < -0.39 is 34.8 Å². The van der Waals surface area contributed by atoms with Gasteiger partial charge in [-0.1, -0.05) is 0 Å². The third-order valence-electron chi connectivity index (χ3n) is 3.67. The van der Waals surface area contributed by atoms with E-state index >= 15 is 0 Å². The fourth-order valence-corrected chi connectivity index (χ4v) is 2.46. The summed E-state index contributed by atoms with van der Waals surface area (Å²) in [5.41, 5.74) is -1.71. The van der Waals surface area contributed by atoms with Crippen LogP contribution in [0.2, 0.25) is 0 Å². The molecule has 0 amide bonds. The van der Waals surface area contributed by atoms with Crippen molar-refractivity contribution in [3.8, 4) is 11.1 Å². The Kier molecular flexibility index (Phi) is 3.08. The fraction of sp³-hybridized carbons (Fsp3) is 0.308. The smallest absolute Gasteiger partial charge is 0.328 e. The van der Waals surface area contributed by atoms with Crippen LogP contribution in [0.4, 0.5) is 13.2 Å². The third-order valence-corrected chi connectivity index (χ3v) is 3.67. The molecular formula is C13H10F3N3O3. The summed E-state index contributed by atoms with van der Waals surface area (Å²) in [6.07, 6.45) is -2.12. The minimum atomic E-state index is -4.34. The molecule has 116 valence electrons. The second kappa shape index (κ2) is 4.72. The van der Waals surface area contributed by atoms with Crippen molar-refractivity contribution in [3.63, 3.8) is 0 Å². The van der Waals surface area contributed by atoms with Crippen LogP contribution >= 0.6 is 0 Å². The average Bonchev–Trinajstić information content (AvgIpc) is 3.20. The van der Waals surface area contributed by atoms with Gasteiger partial charge in [-0.15, -0.1) is 0 Å². The number of aromatic amines is 3. The Balaban J connectivity index is 2.03. The molecular weight excluding hydrogens is 303 g/mol. The molecule has 1 fully saturated rings. The second-order valence-electron chi connectivity index (χ2n) is 5.15. The summed E-state index contributed by atoms with van der Waals surface area (Å²) < 4.78 is 37.9. The summed E-state index contributed by atoms with van der Waals surface area (Å²) in [5, 5.41) is 0. The van der Waals surface area contributed by atoms with E-state index in [0.717, 1.165) is 6.20 Å². The van der Waals surface area contributed by atoms with Crippen LogP contribution in [0.5, 0.6) is 0 Å². The number of hydrogen-bond donors (Lipinski definition) is 3. The predicted octanol–water partition coefficient (Wildman–Crippen LogP) is 1.08. The van der Waals surface area contributed by atoms with Gasteiger partial charge in [0, 0.05) is 29.4 Å². The van der Waals surface area contributed by atoms with Crippen molar-refractivity contribution in [2.45, 2.75) is 18.5 Å². The quantitative estimate of drug-likeness (QED) is 0.774. The highest BCUT2D eigenvalue weighted by Crippen LogP contribution is 2.55. The Morgan fingerprint density at radius 1 is 1.05 bits per heavy atom. The minimum absolute atomic E-state index is 0.00887. The largest absolute Gasteiger partial charge is 0.392 e. The van der Waals surface area contributed by atoms with E-state index in [9.17, 15) is 27.6 Å². The van der Waals surface area contributed by atoms with Gasteiger partial charge >= 0.3 is 11.9 Å². The molecule has 0 aliphatic heterocycles. The van der Waals surface area contributed by atoms with E-state index in [4.69, 9.17) is 0 Å². The number of nitrogens with one attached hydrogen (secondary N) is 3. The zero-order valence-corrected chi connectivity index (χ0v) is 11.0. The SMILES string of the molecule is O=c1[nH]cc(-c2c[nH]c(=O)c([C@H]3C[C@@H]3C(F)(F)F)c2)c(=O)[nH]1. The van der Waals surface area contributed by atoms with E-state index in [2.05, 4.69) is 9.97 Å². The summed E-state index contributed by atoms with van der Waals surface area (Å²) in [6.45, 7) is 0. The van der Waals surface area contributed by atoms with E-state index in [0.29, 0.717) is 0 Å². The second-order valence-corrected chi connectivity index (χ2v) is 5.15. The maximum absolute atomic E-state index is 12.6. The Bertz CT molecular complexity index is 894. The average molecular weight is 313 g/mol. The standard InChI is InChI=1S/C13H10F3N3O3/c14-13(15,16)9-2-6(9)7-1-5(3-17-10(7)20)8-4-18-12(22)19-11(8)21/h1,3-4,6,9H,2H2,(H,17,20)(H2,18,19,21,22)/t6-,9+/m1/s1. The van der Waals surface area contributed by atoms with Crippen molar-refractivity contribution in [2.75, 3.05) is 0 Å². The van der Waals surface area contributed by atoms with Crippen LogP contribution in [0.1, 0.15) is 17.9 Å². The maximum Gasteiger partial charge on any atom is 0.392 e. The van der Waals surface area contributed by atoms with Crippen molar-refractivity contribution < 1.29 is 13.2 Å². The zero-order chi connectivity index (χ0) is 16.1. The molecule has 1 saturated carbocycles. The van der Waals surface area contributed by atoms with Crippen molar-refractivity contribution >= 4 is 0 Å². The van der Waals surface area contributed by atoms with Gasteiger partial charge in [-0.2, -0.15) is 13.2 Å². The lowest BCUT2D eigenvalue weighted by Gasteiger charge is -2.06. The molecule has 0 spiro atoms. The molecule has 2 aromatic heterocycles. The number of H-pyrrole nitrogens is 3. The van der Waals surface area contributed by atoms with Gasteiger partial charge in [0.15, 0.2) is 0 Å². The Morgan fingerprint density at radius 3 is 2.36 bits per heavy atom. The monoisotopic (exact) mass is 313 g/mol. The molecule has 1 aliphatic carbocycles. The van der Waals surface area contributed by atoms with Crippen molar-refractivity contribution in [1.82, 2.24) is 15.0 Å². The number of aromatic nitrogens is 3. The van der Waals surface area contributed by atoms with Gasteiger partial charge in [-0.3, -0.25) is 14.6 Å². The van der Waals surface area contributed by atoms with Crippen molar-refractivity contribution in [1.29, 1.82) is 0 Å². The van der Waals surface area contributed by atoms with Gasteiger partial charge in [0.05, 0.1) is 11.5 Å². The first-order valence-electron chi connectivity index (χ1n) is 6.39. The van der Waals surface area contributed by atoms with E-state index in [1.54, 1.807) is 0 Å². The molecule has 2 heterocycles. The van der Waals surface area contributed by atoms with Gasteiger partial charge in [-0.05, 0) is 12.5 Å². The molecule has 9 heteroatoms. The number of halogens is 3. The molecule has 2 aromatic rings. The highest BCUT2D eigenvalue weighted by atomic mass is 19.4. The summed E-state index contributed by atoms with van der Waals surface area (Å²) in [5.74, 6) is -2.43. The molecule has 22 heavy (non-hydrogen) atoms. The van der Waals surface area contributed by atoms with Gasteiger partial charge in [0.2, 0.25) is 0 Å². The molecule has 3 rings (SSSR count). The maximum atomic E-state index is 12.6. The van der Waals surface area contributed by atoms with Gasteiger partial charge in [-0.25, -0.2) is 4.79 Å². The Hall–Kier alpha value is -2.58. The van der Waals surface area contributed by atoms with E-state index in [1.165, 1.54) is 12.3 Å². The molecule has 2 atom stereocenters. The first-order valence-corrected chi connectivity index (χ1v) is 6.39. The zero-order valence-electron chi connectivity index (χ0n) is 11.0. The number of rotatable bonds is 2. The van der Waals surface area contributed by atoms with Gasteiger partial charge < -0.3 is 9.97 Å². The molecule has 0 radical (unpaired) electrons. The van der Waals surface area contributed by atoms with Crippen molar-refractivity contribution in [3.05, 3.63) is 55.2 Å². The summed E-state index contributed by atoms with van der Waals surface area (Å²) >= 11 is 0. The van der Waals surface area contributed by atoms with E-state index in [1.807, 2.05) is 4.98 Å². The van der Waals surface area contributed by atoms with Crippen LogP contribution in [0, 0.1) is 5.92 Å². The Morgan fingerprint density at radius 2 is 1.77 bits per heavy atom. The molecule has 0 aromatic carbocycles. The van der Waals surface area contributed by atoms with Crippen LogP contribution < -0.4 is 16.8 Å². The topological polar surface area (TPSA) is 98.6 Å². The number of pyridine rings is 1. The Labute approximate surface area is 120 Å². The first kappa shape index (κ1) is 14.4. The lowest BCUT2D eigenvalue weighted by Crippen LogP contribution is -2.23. The highest BCUT2D eigenvalue weighted by molar-refractivity contribution is 5.61. The molecule has 3 N–H and O–H groups in total. The summed E-state index contributed by atoms with van der Waals surface area (Å²) in [7, 11) is 0. The predicted molar refractivity (Wildman–Crippen MR) is 70.6 cm³/mol. The van der Waals surface area contributed by atoms with Crippen LogP contribution in [-0.2, 0) is 0 Å². The molecule has 6 nitrogen and oxygen atoms in total. The lowest BCUT2D eigenvalue weighted by molar-refractivity contribution is -0.148. The highest BCUT2D eigenvalue weighted by Gasteiger charge is 2.56. The minimum Gasteiger partial charge on any atom is -0.328 e. The van der Waals surface area contributed by atoms with E-state index in [-0.39, 0.29) is 23.1 Å². The molecule has 0 bridgehead atoms. The summed E-state index contributed by atoms with van der Waals surface area (Å²) in [6, 6.07) is 1.26. The van der Waals surface area contributed by atoms with Crippen LogP contribution in [0.25, 0.3) is 11.1 Å². The van der Waals surface area contributed by atoms with Crippen molar-refractivity contribution in [2.24, 2.45) is 5.92 Å². The molecule has 0 saturated heterocycles. The van der Waals surface area contributed by atoms with Gasteiger partial charge in [0.25, 0.3) is 11.1 Å². The first-order chi connectivity index (χ1) is 10.3. The molecule has 0 unspecified atom stereocenters. The number of alkyl halides is 3. The number of hydrogen-bond acceptors (Lipinski definition) is 3. The van der Waals surface area contributed by atoms with Crippen LogP contribution in [-0.4, -0.2) is 21.1 Å². The summed E-state index contributed by atoms with van der Waals surface area (Å²) in [4.78, 5) is 41.0. The third kappa shape index (κ3) is 2.49.